The van der Waals surface area contributed by atoms with E-state index in [2.05, 4.69) is 37.0 Å². The summed E-state index contributed by atoms with van der Waals surface area (Å²) >= 11 is 0. The molecule has 1 nitrogen and oxygen atoms in total. The molecule has 0 unspecified atom stereocenters. The summed E-state index contributed by atoms with van der Waals surface area (Å²) in [4.78, 5) is 4.44. The number of aromatic nitrogens is 1. The lowest BCUT2D eigenvalue weighted by molar-refractivity contribution is 1.11. The zero-order valence-corrected chi connectivity index (χ0v) is 9.04. The van der Waals surface area contributed by atoms with Crippen LogP contribution in [0.5, 0.6) is 0 Å². The Balaban J connectivity index is 2.33. The lowest BCUT2D eigenvalue weighted by Gasteiger charge is -2.05. The average Bonchev–Trinajstić information content (AvgIpc) is 2.57. The third-order valence-corrected chi connectivity index (χ3v) is 3.14. The van der Waals surface area contributed by atoms with Gasteiger partial charge in [-0.15, -0.1) is 0 Å². The number of pyridine rings is 1. The van der Waals surface area contributed by atoms with E-state index in [-0.39, 0.29) is 0 Å². The van der Waals surface area contributed by atoms with Crippen LogP contribution < -0.4 is 0 Å². The van der Waals surface area contributed by atoms with Crippen LogP contribution in [0.3, 0.4) is 0 Å². The fourth-order valence-electron chi connectivity index (χ4n) is 2.46. The maximum atomic E-state index is 4.44. The van der Waals surface area contributed by atoms with E-state index in [0.717, 1.165) is 6.42 Å². The Morgan fingerprint density at radius 1 is 1.13 bits per heavy atom. The summed E-state index contributed by atoms with van der Waals surface area (Å²) < 4.78 is 0. The van der Waals surface area contributed by atoms with Gasteiger partial charge in [-0.3, -0.25) is 4.98 Å². The van der Waals surface area contributed by atoms with Crippen molar-refractivity contribution in [1.29, 1.82) is 0 Å². The molecule has 2 aromatic rings. The highest BCUT2D eigenvalue weighted by Gasteiger charge is 2.20. The molecule has 0 bridgehead atoms. The van der Waals surface area contributed by atoms with Gasteiger partial charge in [-0.05, 0) is 36.6 Å². The van der Waals surface area contributed by atoms with Crippen LogP contribution in [0.25, 0.3) is 11.1 Å². The number of aryl methyl sites for hydroxylation is 2. The molecule has 1 aliphatic carbocycles. The molecule has 0 saturated heterocycles. The second-order valence-corrected chi connectivity index (χ2v) is 4.28. The number of hydrogen-bond donors (Lipinski definition) is 0. The van der Waals surface area contributed by atoms with E-state index in [1.165, 1.54) is 33.5 Å². The summed E-state index contributed by atoms with van der Waals surface area (Å²) in [6.45, 7) is 4.35. The number of hydrogen-bond acceptors (Lipinski definition) is 1. The van der Waals surface area contributed by atoms with Crippen molar-refractivity contribution in [2.75, 3.05) is 0 Å². The molecule has 1 aromatic heterocycles. The average molecular weight is 195 g/mol. The molecule has 0 N–H and O–H groups in total. The molecule has 15 heavy (non-hydrogen) atoms. The molecule has 0 saturated carbocycles. The first-order valence-corrected chi connectivity index (χ1v) is 5.30. The third kappa shape index (κ3) is 1.19. The number of benzene rings is 1. The van der Waals surface area contributed by atoms with Gasteiger partial charge in [0.15, 0.2) is 0 Å². The van der Waals surface area contributed by atoms with Crippen LogP contribution in [0.4, 0.5) is 0 Å². The third-order valence-electron chi connectivity index (χ3n) is 3.14. The monoisotopic (exact) mass is 195 g/mol. The van der Waals surface area contributed by atoms with E-state index in [1.807, 2.05) is 12.3 Å². The molecular formula is C14H13N. The molecule has 1 heteroatoms. The van der Waals surface area contributed by atoms with Crippen LogP contribution in [0.1, 0.15) is 22.4 Å². The van der Waals surface area contributed by atoms with Crippen molar-refractivity contribution in [3.8, 4) is 11.1 Å². The lowest BCUT2D eigenvalue weighted by atomic mass is 9.99. The second-order valence-electron chi connectivity index (χ2n) is 4.28. The molecule has 0 amide bonds. The summed E-state index contributed by atoms with van der Waals surface area (Å²) in [5, 5.41) is 0. The minimum absolute atomic E-state index is 0.998. The Bertz CT molecular complexity index is 541. The van der Waals surface area contributed by atoms with E-state index in [9.17, 15) is 0 Å². The van der Waals surface area contributed by atoms with Crippen molar-refractivity contribution in [2.45, 2.75) is 20.3 Å². The molecule has 1 heterocycles. The summed E-state index contributed by atoms with van der Waals surface area (Å²) in [6, 6.07) is 8.72. The number of nitrogens with zero attached hydrogens (tertiary/aromatic N) is 1. The second kappa shape index (κ2) is 2.93. The zero-order valence-electron chi connectivity index (χ0n) is 9.04. The van der Waals surface area contributed by atoms with Gasteiger partial charge < -0.3 is 0 Å². The van der Waals surface area contributed by atoms with Gasteiger partial charge >= 0.3 is 0 Å². The molecule has 3 rings (SSSR count). The molecule has 0 radical (unpaired) electrons. The smallest absolute Gasteiger partial charge is 0.0526 e. The number of rotatable bonds is 0. The van der Waals surface area contributed by atoms with Gasteiger partial charge in [-0.2, -0.15) is 0 Å². The summed E-state index contributed by atoms with van der Waals surface area (Å²) in [5.41, 5.74) is 8.11. The molecule has 1 aromatic carbocycles. The van der Waals surface area contributed by atoms with Crippen molar-refractivity contribution in [3.05, 3.63) is 52.8 Å². The van der Waals surface area contributed by atoms with Gasteiger partial charge in [-0.1, -0.05) is 23.8 Å². The Morgan fingerprint density at radius 2 is 2.00 bits per heavy atom. The molecule has 0 fully saturated rings. The summed E-state index contributed by atoms with van der Waals surface area (Å²) in [7, 11) is 0. The van der Waals surface area contributed by atoms with Crippen LogP contribution in [0, 0.1) is 13.8 Å². The molecular weight excluding hydrogens is 182 g/mol. The minimum Gasteiger partial charge on any atom is -0.260 e. The lowest BCUT2D eigenvalue weighted by Crippen LogP contribution is -1.88. The molecule has 0 atom stereocenters. The first kappa shape index (κ1) is 8.66. The fraction of sp³-hybridized carbons (Fsp3) is 0.214. The van der Waals surface area contributed by atoms with Gasteiger partial charge in [0, 0.05) is 18.2 Å². The van der Waals surface area contributed by atoms with Gasteiger partial charge in [0.1, 0.15) is 0 Å². The number of fused-ring (bicyclic) bond motifs is 3. The van der Waals surface area contributed by atoms with Crippen molar-refractivity contribution in [3.63, 3.8) is 0 Å². The predicted molar refractivity (Wildman–Crippen MR) is 62.0 cm³/mol. The zero-order chi connectivity index (χ0) is 10.4. The normalized spacial score (nSPS) is 12.4. The van der Waals surface area contributed by atoms with E-state index in [4.69, 9.17) is 0 Å². The fourth-order valence-corrected chi connectivity index (χ4v) is 2.46. The first-order valence-electron chi connectivity index (χ1n) is 5.30. The van der Waals surface area contributed by atoms with Gasteiger partial charge in [0.25, 0.3) is 0 Å². The van der Waals surface area contributed by atoms with Gasteiger partial charge in [0.2, 0.25) is 0 Å². The maximum Gasteiger partial charge on any atom is 0.0526 e. The SMILES string of the molecule is Cc1cc(C)c2c(c1)-c1cccnc1C2. The predicted octanol–water partition coefficient (Wildman–Crippen LogP) is 3.27. The van der Waals surface area contributed by atoms with E-state index < -0.39 is 0 Å². The highest BCUT2D eigenvalue weighted by Crippen LogP contribution is 2.37. The van der Waals surface area contributed by atoms with Gasteiger partial charge in [-0.25, -0.2) is 0 Å². The minimum atomic E-state index is 0.998. The largest absolute Gasteiger partial charge is 0.260 e. The summed E-state index contributed by atoms with van der Waals surface area (Å²) in [6.07, 6.45) is 2.88. The quantitative estimate of drug-likeness (QED) is 0.536. The summed E-state index contributed by atoms with van der Waals surface area (Å²) in [5.74, 6) is 0. The Labute approximate surface area is 89.8 Å². The van der Waals surface area contributed by atoms with E-state index in [1.54, 1.807) is 0 Å². The molecule has 0 spiro atoms. The van der Waals surface area contributed by atoms with Gasteiger partial charge in [0.05, 0.1) is 5.69 Å². The highest BCUT2D eigenvalue weighted by atomic mass is 14.7. The van der Waals surface area contributed by atoms with Crippen molar-refractivity contribution in [2.24, 2.45) is 0 Å². The van der Waals surface area contributed by atoms with E-state index >= 15 is 0 Å². The van der Waals surface area contributed by atoms with Crippen LogP contribution >= 0.6 is 0 Å². The van der Waals surface area contributed by atoms with Crippen LogP contribution in [-0.2, 0) is 6.42 Å². The molecule has 1 aliphatic rings. The van der Waals surface area contributed by atoms with Crippen molar-refractivity contribution >= 4 is 0 Å². The van der Waals surface area contributed by atoms with Crippen molar-refractivity contribution in [1.82, 2.24) is 4.98 Å². The van der Waals surface area contributed by atoms with Crippen LogP contribution in [0.2, 0.25) is 0 Å². The maximum absolute atomic E-state index is 4.44. The topological polar surface area (TPSA) is 12.9 Å². The van der Waals surface area contributed by atoms with Crippen molar-refractivity contribution < 1.29 is 0 Å². The Hall–Kier alpha value is -1.63. The van der Waals surface area contributed by atoms with Crippen LogP contribution in [-0.4, -0.2) is 4.98 Å². The Kier molecular flexibility index (Phi) is 1.69. The highest BCUT2D eigenvalue weighted by molar-refractivity contribution is 5.77. The standard InChI is InChI=1S/C14H13N/c1-9-6-10(2)12-8-14-11(13(12)7-9)4-3-5-15-14/h3-7H,8H2,1-2H3. The Morgan fingerprint density at radius 3 is 2.87 bits per heavy atom. The van der Waals surface area contributed by atoms with E-state index in [0.29, 0.717) is 0 Å². The molecule has 74 valence electrons. The molecule has 0 aliphatic heterocycles. The van der Waals surface area contributed by atoms with Crippen LogP contribution in [0.15, 0.2) is 30.5 Å². The first-order chi connectivity index (χ1) is 7.25.